The van der Waals surface area contributed by atoms with Crippen LogP contribution in [0.25, 0.3) is 0 Å². The van der Waals surface area contributed by atoms with Gasteiger partial charge in [0.15, 0.2) is 0 Å². The maximum absolute atomic E-state index is 5.44. The summed E-state index contributed by atoms with van der Waals surface area (Å²) in [6.07, 6.45) is 3.55. The van der Waals surface area contributed by atoms with E-state index in [4.69, 9.17) is 4.74 Å². The lowest BCUT2D eigenvalue weighted by Gasteiger charge is -2.06. The monoisotopic (exact) mass is 254 g/mol. The minimum Gasteiger partial charge on any atom is -0.490 e. The van der Waals surface area contributed by atoms with Crippen molar-refractivity contribution in [2.24, 2.45) is 0 Å². The topological polar surface area (TPSA) is 34.1 Å². The molecule has 2 aromatic rings. The van der Waals surface area contributed by atoms with Gasteiger partial charge in [-0.15, -0.1) is 0 Å². The van der Waals surface area contributed by atoms with E-state index in [1.807, 2.05) is 36.5 Å². The van der Waals surface area contributed by atoms with Gasteiger partial charge < -0.3 is 10.1 Å². The van der Waals surface area contributed by atoms with Gasteiger partial charge in [0.1, 0.15) is 12.4 Å². The molecule has 2 rings (SSSR count). The average molecular weight is 254 g/mol. The lowest BCUT2D eigenvalue weighted by atomic mass is 10.2. The maximum atomic E-state index is 5.44. The summed E-state index contributed by atoms with van der Waals surface area (Å²) in [6.45, 7) is 5.75. The van der Waals surface area contributed by atoms with Crippen LogP contribution in [0.1, 0.15) is 11.3 Å². The molecule has 1 aromatic carbocycles. The quantitative estimate of drug-likeness (QED) is 0.771. The fourth-order valence-corrected chi connectivity index (χ4v) is 1.70. The Balaban J connectivity index is 1.78. The van der Waals surface area contributed by atoms with Crippen LogP contribution in [0.5, 0.6) is 5.75 Å². The summed E-state index contributed by atoms with van der Waals surface area (Å²) in [6, 6.07) is 14.0. The highest BCUT2D eigenvalue weighted by atomic mass is 16.5. The first-order chi connectivity index (χ1) is 9.38. The van der Waals surface area contributed by atoms with E-state index in [9.17, 15) is 0 Å². The highest BCUT2D eigenvalue weighted by Crippen LogP contribution is 2.12. The molecule has 0 saturated carbocycles. The van der Waals surface area contributed by atoms with Crippen LogP contribution in [0.3, 0.4) is 0 Å². The Kier molecular flexibility index (Phi) is 5.14. The molecule has 0 aliphatic carbocycles. The molecule has 0 fully saturated rings. The number of nitrogens with one attached hydrogen (secondary N) is 1. The van der Waals surface area contributed by atoms with Crippen molar-refractivity contribution >= 4 is 0 Å². The Bertz CT molecular complexity index is 494. The first kappa shape index (κ1) is 13.3. The van der Waals surface area contributed by atoms with Crippen LogP contribution in [0.4, 0.5) is 0 Å². The van der Waals surface area contributed by atoms with Crippen molar-refractivity contribution in [3.63, 3.8) is 0 Å². The van der Waals surface area contributed by atoms with Crippen LogP contribution in [0, 0.1) is 0 Å². The van der Waals surface area contributed by atoms with E-state index in [1.165, 1.54) is 5.56 Å². The Morgan fingerprint density at radius 2 is 1.95 bits per heavy atom. The Labute approximate surface area is 114 Å². The van der Waals surface area contributed by atoms with Crippen LogP contribution < -0.4 is 10.1 Å². The first-order valence-corrected chi connectivity index (χ1v) is 6.32. The number of ether oxygens (including phenoxy) is 1. The molecule has 1 heterocycles. The minimum atomic E-state index is 0.539. The zero-order chi connectivity index (χ0) is 13.3. The third-order valence-corrected chi connectivity index (χ3v) is 2.65. The number of hydrogen-bond donors (Lipinski definition) is 1. The molecule has 98 valence electrons. The van der Waals surface area contributed by atoms with E-state index < -0.39 is 0 Å². The highest BCUT2D eigenvalue weighted by Gasteiger charge is 1.96. The maximum Gasteiger partial charge on any atom is 0.119 e. The lowest BCUT2D eigenvalue weighted by molar-refractivity contribution is 0.363. The number of rotatable bonds is 7. The van der Waals surface area contributed by atoms with E-state index in [0.29, 0.717) is 6.61 Å². The van der Waals surface area contributed by atoms with Gasteiger partial charge in [-0.2, -0.15) is 0 Å². The van der Waals surface area contributed by atoms with Crippen LogP contribution >= 0.6 is 0 Å². The predicted molar refractivity (Wildman–Crippen MR) is 76.9 cm³/mol. The molecule has 0 atom stereocenters. The van der Waals surface area contributed by atoms with Gasteiger partial charge >= 0.3 is 0 Å². The largest absolute Gasteiger partial charge is 0.490 e. The normalized spacial score (nSPS) is 10.1. The van der Waals surface area contributed by atoms with Gasteiger partial charge in [0, 0.05) is 19.3 Å². The van der Waals surface area contributed by atoms with E-state index in [0.717, 1.165) is 24.5 Å². The van der Waals surface area contributed by atoms with Gasteiger partial charge in [-0.3, -0.25) is 4.98 Å². The summed E-state index contributed by atoms with van der Waals surface area (Å²) < 4.78 is 5.44. The molecule has 3 nitrogen and oxygen atoms in total. The first-order valence-electron chi connectivity index (χ1n) is 6.32. The van der Waals surface area contributed by atoms with Gasteiger partial charge in [0.05, 0.1) is 5.69 Å². The van der Waals surface area contributed by atoms with Crippen molar-refractivity contribution in [1.82, 2.24) is 10.3 Å². The summed E-state index contributed by atoms with van der Waals surface area (Å²) in [5.41, 5.74) is 2.27. The summed E-state index contributed by atoms with van der Waals surface area (Å²) in [4.78, 5) is 4.27. The second-order valence-electron chi connectivity index (χ2n) is 4.17. The van der Waals surface area contributed by atoms with E-state index >= 15 is 0 Å². The van der Waals surface area contributed by atoms with Crippen LogP contribution in [0.2, 0.25) is 0 Å². The summed E-state index contributed by atoms with van der Waals surface area (Å²) in [5.74, 6) is 0.869. The molecule has 1 aromatic heterocycles. The van der Waals surface area contributed by atoms with Crippen LogP contribution in [-0.4, -0.2) is 11.6 Å². The van der Waals surface area contributed by atoms with Crippen molar-refractivity contribution in [3.05, 3.63) is 72.6 Å². The zero-order valence-corrected chi connectivity index (χ0v) is 10.9. The SMILES string of the molecule is C=CCOc1ccc(CNCc2ccccn2)cc1. The minimum absolute atomic E-state index is 0.539. The third-order valence-electron chi connectivity index (χ3n) is 2.65. The molecule has 0 bridgehead atoms. The van der Waals surface area contributed by atoms with Crippen LogP contribution in [-0.2, 0) is 13.1 Å². The fourth-order valence-electron chi connectivity index (χ4n) is 1.70. The second-order valence-corrected chi connectivity index (χ2v) is 4.17. The second kappa shape index (κ2) is 7.34. The van der Waals surface area contributed by atoms with Gasteiger partial charge in [0.2, 0.25) is 0 Å². The van der Waals surface area contributed by atoms with Crippen molar-refractivity contribution in [2.45, 2.75) is 13.1 Å². The predicted octanol–water partition coefficient (Wildman–Crippen LogP) is 2.94. The molecule has 0 aliphatic heterocycles. The summed E-state index contributed by atoms with van der Waals surface area (Å²) >= 11 is 0. The molecule has 0 spiro atoms. The fraction of sp³-hybridized carbons (Fsp3) is 0.188. The van der Waals surface area contributed by atoms with Crippen molar-refractivity contribution in [1.29, 1.82) is 0 Å². The van der Waals surface area contributed by atoms with Gasteiger partial charge in [0.25, 0.3) is 0 Å². The molecule has 0 aliphatic rings. The van der Waals surface area contributed by atoms with E-state index in [-0.39, 0.29) is 0 Å². The molecule has 1 N–H and O–H groups in total. The van der Waals surface area contributed by atoms with Gasteiger partial charge in [-0.05, 0) is 29.8 Å². The Hall–Kier alpha value is -2.13. The number of benzene rings is 1. The number of hydrogen-bond acceptors (Lipinski definition) is 3. The zero-order valence-electron chi connectivity index (χ0n) is 10.9. The van der Waals surface area contributed by atoms with Gasteiger partial charge in [-0.25, -0.2) is 0 Å². The number of nitrogens with zero attached hydrogens (tertiary/aromatic N) is 1. The van der Waals surface area contributed by atoms with Crippen LogP contribution in [0.15, 0.2) is 61.3 Å². The number of pyridine rings is 1. The molecule has 3 heteroatoms. The molecule has 0 radical (unpaired) electrons. The van der Waals surface area contributed by atoms with Crippen molar-refractivity contribution in [2.75, 3.05) is 6.61 Å². The third kappa shape index (κ3) is 4.56. The van der Waals surface area contributed by atoms with E-state index in [1.54, 1.807) is 6.08 Å². The van der Waals surface area contributed by atoms with Gasteiger partial charge in [-0.1, -0.05) is 30.9 Å². The molecule has 19 heavy (non-hydrogen) atoms. The molecule has 0 amide bonds. The Morgan fingerprint density at radius 3 is 2.63 bits per heavy atom. The van der Waals surface area contributed by atoms with Crippen molar-refractivity contribution < 1.29 is 4.74 Å². The lowest BCUT2D eigenvalue weighted by Crippen LogP contribution is -2.13. The van der Waals surface area contributed by atoms with Crippen molar-refractivity contribution in [3.8, 4) is 5.75 Å². The standard InChI is InChI=1S/C16H18N2O/c1-2-11-19-16-8-6-14(7-9-16)12-17-13-15-5-3-4-10-18-15/h2-10,17H,1,11-13H2. The number of aromatic nitrogens is 1. The summed E-state index contributed by atoms with van der Waals surface area (Å²) in [5, 5.41) is 3.36. The van der Waals surface area contributed by atoms with E-state index in [2.05, 4.69) is 29.0 Å². The average Bonchev–Trinajstić information content (AvgIpc) is 2.47. The molecular formula is C16H18N2O. The smallest absolute Gasteiger partial charge is 0.119 e. The molecule has 0 saturated heterocycles. The summed E-state index contributed by atoms with van der Waals surface area (Å²) in [7, 11) is 0. The Morgan fingerprint density at radius 1 is 1.11 bits per heavy atom. The molecular weight excluding hydrogens is 236 g/mol. The highest BCUT2D eigenvalue weighted by molar-refractivity contribution is 5.27. The molecule has 0 unspecified atom stereocenters.